The van der Waals surface area contributed by atoms with Crippen LogP contribution >= 0.6 is 0 Å². The van der Waals surface area contributed by atoms with Crippen LogP contribution < -0.4 is 10.0 Å². The summed E-state index contributed by atoms with van der Waals surface area (Å²) in [6, 6.07) is 3.41. The Morgan fingerprint density at radius 3 is 2.69 bits per heavy atom. The lowest BCUT2D eigenvalue weighted by atomic mass is 9.52. The van der Waals surface area contributed by atoms with E-state index >= 15 is 0 Å². The van der Waals surface area contributed by atoms with Gasteiger partial charge in [-0.1, -0.05) is 20.8 Å². The lowest BCUT2D eigenvalue weighted by Gasteiger charge is -2.56. The second kappa shape index (κ2) is 8.40. The maximum atomic E-state index is 12.7. The summed E-state index contributed by atoms with van der Waals surface area (Å²) in [5, 5.41) is 14.2. The molecule has 8 heteroatoms. The zero-order valence-corrected chi connectivity index (χ0v) is 18.5. The highest BCUT2D eigenvalue weighted by molar-refractivity contribution is 7.88. The first-order valence-electron chi connectivity index (χ1n) is 10.5. The summed E-state index contributed by atoms with van der Waals surface area (Å²) in [5.41, 5.74) is -0.0324. The van der Waals surface area contributed by atoms with Crippen LogP contribution in [0, 0.1) is 29.1 Å². The Kier molecular flexibility index (Phi) is 6.46. The van der Waals surface area contributed by atoms with Gasteiger partial charge in [0.2, 0.25) is 15.9 Å². The lowest BCUT2D eigenvalue weighted by molar-refractivity contribution is -0.141. The van der Waals surface area contributed by atoms with Gasteiger partial charge in [0.15, 0.2) is 0 Å². The Labute approximate surface area is 173 Å². The Bertz CT molecular complexity index is 809. The van der Waals surface area contributed by atoms with Gasteiger partial charge in [0.25, 0.3) is 0 Å². The quantitative estimate of drug-likeness (QED) is 0.647. The molecule has 29 heavy (non-hydrogen) atoms. The standard InChI is InChI=1S/C21H34N2O5S/c1-13(20(25)22-12-15-6-5-11-28-15)16-7-9-21(3)10-8-17(23-29(4,26)27)14(2)18(21)19(16)24/h5-6,11,13-14,16-19,23-24H,7-10,12H2,1-4H3,(H,22,25)/t13-,14+,16?,17-,18+,19-,21-/m0/s1. The molecule has 7 atom stereocenters. The molecule has 0 aromatic carbocycles. The Balaban J connectivity index is 1.70. The van der Waals surface area contributed by atoms with E-state index in [1.807, 2.05) is 19.9 Å². The number of carbonyl (C=O) groups excluding carboxylic acids is 1. The van der Waals surface area contributed by atoms with Crippen LogP contribution in [0.15, 0.2) is 22.8 Å². The van der Waals surface area contributed by atoms with Crippen LogP contribution in [0.4, 0.5) is 0 Å². The van der Waals surface area contributed by atoms with Crippen molar-refractivity contribution in [3.05, 3.63) is 24.2 Å². The second-order valence-corrected chi connectivity index (χ2v) is 11.1. The molecule has 0 bridgehead atoms. The first-order valence-corrected chi connectivity index (χ1v) is 12.4. The number of carbonyl (C=O) groups is 1. The number of fused-ring (bicyclic) bond motifs is 1. The van der Waals surface area contributed by atoms with E-state index in [2.05, 4.69) is 17.0 Å². The molecule has 1 heterocycles. The van der Waals surface area contributed by atoms with Crippen molar-refractivity contribution in [2.24, 2.45) is 29.1 Å². The van der Waals surface area contributed by atoms with Gasteiger partial charge in [-0.15, -0.1) is 0 Å². The van der Waals surface area contributed by atoms with Gasteiger partial charge in [0.1, 0.15) is 5.76 Å². The van der Waals surface area contributed by atoms with Crippen molar-refractivity contribution in [3.63, 3.8) is 0 Å². The predicted octanol–water partition coefficient (Wildman–Crippen LogP) is 2.27. The van der Waals surface area contributed by atoms with E-state index in [0.29, 0.717) is 12.3 Å². The fourth-order valence-corrected chi connectivity index (χ4v) is 6.56. The molecule has 3 N–H and O–H groups in total. The molecule has 1 unspecified atom stereocenters. The molecule has 2 saturated carbocycles. The van der Waals surface area contributed by atoms with Crippen molar-refractivity contribution in [2.45, 2.75) is 65.1 Å². The zero-order chi connectivity index (χ0) is 21.4. The molecular formula is C21H34N2O5S. The number of furan rings is 1. The minimum absolute atomic E-state index is 0.000319. The Morgan fingerprint density at radius 2 is 2.07 bits per heavy atom. The summed E-state index contributed by atoms with van der Waals surface area (Å²) < 4.78 is 31.5. The van der Waals surface area contributed by atoms with E-state index in [-0.39, 0.29) is 41.0 Å². The summed E-state index contributed by atoms with van der Waals surface area (Å²) in [5.74, 6) is 0.0690. The largest absolute Gasteiger partial charge is 0.467 e. The monoisotopic (exact) mass is 426 g/mol. The average molecular weight is 427 g/mol. The van der Waals surface area contributed by atoms with Gasteiger partial charge >= 0.3 is 0 Å². The first-order chi connectivity index (χ1) is 13.5. The van der Waals surface area contributed by atoms with Gasteiger partial charge < -0.3 is 14.8 Å². The van der Waals surface area contributed by atoms with Gasteiger partial charge in [-0.3, -0.25) is 4.79 Å². The molecule has 1 aromatic rings. The first kappa shape index (κ1) is 22.3. The predicted molar refractivity (Wildman–Crippen MR) is 110 cm³/mol. The molecule has 0 radical (unpaired) electrons. The molecular weight excluding hydrogens is 392 g/mol. The van der Waals surface area contributed by atoms with Gasteiger partial charge in [-0.2, -0.15) is 0 Å². The average Bonchev–Trinajstić information content (AvgIpc) is 3.14. The number of aliphatic hydroxyl groups excluding tert-OH is 1. The van der Waals surface area contributed by atoms with Crippen molar-refractivity contribution in [2.75, 3.05) is 6.26 Å². The number of hydrogen-bond donors (Lipinski definition) is 3. The molecule has 2 aliphatic rings. The van der Waals surface area contributed by atoms with Crippen LogP contribution in [0.25, 0.3) is 0 Å². The fraction of sp³-hybridized carbons (Fsp3) is 0.762. The van der Waals surface area contributed by atoms with E-state index in [1.54, 1.807) is 12.3 Å². The molecule has 0 aliphatic heterocycles. The van der Waals surface area contributed by atoms with Crippen LogP contribution in [0.1, 0.15) is 52.2 Å². The van der Waals surface area contributed by atoms with Crippen LogP contribution in [0.5, 0.6) is 0 Å². The minimum atomic E-state index is -3.31. The molecule has 3 rings (SSSR count). The van der Waals surface area contributed by atoms with Crippen LogP contribution in [-0.4, -0.2) is 37.8 Å². The number of nitrogens with one attached hydrogen (secondary N) is 2. The maximum Gasteiger partial charge on any atom is 0.223 e. The third-order valence-corrected chi connectivity index (χ3v) is 8.06. The topological polar surface area (TPSA) is 109 Å². The van der Waals surface area contributed by atoms with Crippen molar-refractivity contribution in [1.29, 1.82) is 0 Å². The Morgan fingerprint density at radius 1 is 1.38 bits per heavy atom. The zero-order valence-electron chi connectivity index (χ0n) is 17.7. The van der Waals surface area contributed by atoms with Gasteiger partial charge in [0.05, 0.1) is 25.2 Å². The lowest BCUT2D eigenvalue weighted by Crippen LogP contribution is -2.58. The van der Waals surface area contributed by atoms with E-state index < -0.39 is 16.1 Å². The third kappa shape index (κ3) is 4.86. The molecule has 1 aromatic heterocycles. The van der Waals surface area contributed by atoms with Crippen molar-refractivity contribution < 1.29 is 22.7 Å². The highest BCUT2D eigenvalue weighted by Crippen LogP contribution is 2.55. The molecule has 7 nitrogen and oxygen atoms in total. The number of hydrogen-bond acceptors (Lipinski definition) is 5. The number of amides is 1. The van der Waals surface area contributed by atoms with Gasteiger partial charge in [0, 0.05) is 12.0 Å². The highest BCUT2D eigenvalue weighted by Gasteiger charge is 2.53. The van der Waals surface area contributed by atoms with Crippen molar-refractivity contribution >= 4 is 15.9 Å². The molecule has 0 saturated heterocycles. The summed E-state index contributed by atoms with van der Waals surface area (Å²) in [4.78, 5) is 12.7. The Hall–Kier alpha value is -1.38. The third-order valence-electron chi connectivity index (χ3n) is 7.33. The van der Waals surface area contributed by atoms with Crippen molar-refractivity contribution in [1.82, 2.24) is 10.0 Å². The van der Waals surface area contributed by atoms with E-state index in [9.17, 15) is 18.3 Å². The number of rotatable bonds is 6. The molecule has 164 valence electrons. The van der Waals surface area contributed by atoms with Crippen LogP contribution in [-0.2, 0) is 21.4 Å². The molecule has 0 spiro atoms. The number of aliphatic hydroxyl groups is 1. The SMILES string of the molecule is C[C@H]1[C@@H]2[C@@H](O)C([C@H](C)C(=O)NCc3ccco3)CC[C@@]2(C)CC[C@@H]1NS(C)(=O)=O. The fourth-order valence-electron chi connectivity index (χ4n) is 5.68. The maximum absolute atomic E-state index is 12.7. The number of sulfonamides is 1. The minimum Gasteiger partial charge on any atom is -0.467 e. The molecule has 1 amide bonds. The summed E-state index contributed by atoms with van der Waals surface area (Å²) in [6.07, 6.45) is 5.49. The molecule has 2 aliphatic carbocycles. The van der Waals surface area contributed by atoms with Gasteiger partial charge in [-0.05, 0) is 61.0 Å². The summed E-state index contributed by atoms with van der Waals surface area (Å²) >= 11 is 0. The normalized spacial score (nSPS) is 36.2. The van der Waals surface area contributed by atoms with E-state index in [4.69, 9.17) is 4.42 Å². The van der Waals surface area contributed by atoms with Crippen molar-refractivity contribution in [3.8, 4) is 0 Å². The summed E-state index contributed by atoms with van der Waals surface area (Å²) in [6.45, 7) is 6.43. The van der Waals surface area contributed by atoms with E-state index in [0.717, 1.165) is 25.7 Å². The van der Waals surface area contributed by atoms with Crippen LogP contribution in [0.2, 0.25) is 0 Å². The smallest absolute Gasteiger partial charge is 0.223 e. The van der Waals surface area contributed by atoms with Crippen LogP contribution in [0.3, 0.4) is 0 Å². The van der Waals surface area contributed by atoms with E-state index in [1.165, 1.54) is 6.26 Å². The highest BCUT2D eigenvalue weighted by atomic mass is 32.2. The second-order valence-electron chi connectivity index (χ2n) is 9.35. The van der Waals surface area contributed by atoms with Gasteiger partial charge in [-0.25, -0.2) is 13.1 Å². The molecule has 2 fully saturated rings. The summed E-state index contributed by atoms with van der Waals surface area (Å²) in [7, 11) is -3.31.